The van der Waals surface area contributed by atoms with Crippen LogP contribution in [0.15, 0.2) is 54.6 Å². The van der Waals surface area contributed by atoms with Crippen LogP contribution in [0, 0.1) is 11.8 Å². The van der Waals surface area contributed by atoms with Crippen molar-refractivity contribution < 1.29 is 24.2 Å². The summed E-state index contributed by atoms with van der Waals surface area (Å²) in [5, 5.41) is 24.0. The van der Waals surface area contributed by atoms with E-state index in [2.05, 4.69) is 36.9 Å². The van der Waals surface area contributed by atoms with Gasteiger partial charge in [-0.1, -0.05) is 51.5 Å². The molecule has 11 nitrogen and oxygen atoms in total. The molecule has 1 spiro atoms. The Labute approximate surface area is 226 Å². The molecule has 0 aliphatic carbocycles. The molecule has 3 aromatic rings. The fourth-order valence-corrected chi connectivity index (χ4v) is 7.20. The monoisotopic (exact) mass is 582 g/mol. The van der Waals surface area contributed by atoms with Gasteiger partial charge in [-0.05, 0) is 37.6 Å². The second-order valence-electron chi connectivity index (χ2n) is 10.1. The van der Waals surface area contributed by atoms with Gasteiger partial charge in [-0.25, -0.2) is 4.68 Å². The van der Waals surface area contributed by atoms with Crippen molar-refractivity contribution in [1.29, 1.82) is 0 Å². The van der Waals surface area contributed by atoms with Gasteiger partial charge >= 0.3 is 0 Å². The van der Waals surface area contributed by atoms with Crippen molar-refractivity contribution in [2.45, 2.75) is 48.6 Å². The summed E-state index contributed by atoms with van der Waals surface area (Å²) < 4.78 is 8.02. The Kier molecular flexibility index (Phi) is 6.20. The average Bonchev–Trinajstić information content (AvgIpc) is 3.64. The van der Waals surface area contributed by atoms with Gasteiger partial charge in [0.1, 0.15) is 23.8 Å². The summed E-state index contributed by atoms with van der Waals surface area (Å²) in [7, 11) is 0. The van der Waals surface area contributed by atoms with E-state index in [0.29, 0.717) is 17.6 Å². The Bertz CT molecular complexity index is 1400. The molecular formula is C26H27BrN6O5. The molecule has 3 aliphatic rings. The number of amides is 3. The predicted octanol–water partition coefficient (Wildman–Crippen LogP) is 1.27. The SMILES string of the molecule is C[C@H](CO)N1C(=O)[C@@H]2[C@@H](C(=O)Nc3ccccc3)[C@@H]3OC2(CC3Br)C1C(=O)NCn1nnc2ccccc21. The molecule has 1 aromatic heterocycles. The van der Waals surface area contributed by atoms with E-state index in [0.717, 1.165) is 5.52 Å². The number of ether oxygens (including phenoxy) is 1. The molecule has 7 atom stereocenters. The van der Waals surface area contributed by atoms with Gasteiger partial charge in [-0.2, -0.15) is 0 Å². The number of carbonyl (C=O) groups excluding carboxylic acids is 3. The minimum Gasteiger partial charge on any atom is -0.394 e. The first-order valence-electron chi connectivity index (χ1n) is 12.5. The molecule has 3 aliphatic heterocycles. The van der Waals surface area contributed by atoms with E-state index in [1.807, 2.05) is 42.5 Å². The van der Waals surface area contributed by atoms with Crippen molar-refractivity contribution in [3.8, 4) is 0 Å². The second kappa shape index (κ2) is 9.44. The quantitative estimate of drug-likeness (QED) is 0.356. The Balaban J connectivity index is 1.31. The highest BCUT2D eigenvalue weighted by atomic mass is 79.9. The van der Waals surface area contributed by atoms with Crippen LogP contribution >= 0.6 is 15.9 Å². The fraction of sp³-hybridized carbons (Fsp3) is 0.423. The zero-order valence-corrected chi connectivity index (χ0v) is 22.1. The summed E-state index contributed by atoms with van der Waals surface area (Å²) in [4.78, 5) is 42.4. The summed E-state index contributed by atoms with van der Waals surface area (Å²) in [6, 6.07) is 14.7. The molecule has 0 saturated carbocycles. The number of hydrogen-bond acceptors (Lipinski definition) is 7. The number of aliphatic hydroxyl groups excluding tert-OH is 1. The number of halogens is 1. The molecule has 3 unspecified atom stereocenters. The van der Waals surface area contributed by atoms with E-state index in [9.17, 15) is 19.5 Å². The lowest BCUT2D eigenvalue weighted by atomic mass is 9.70. The van der Waals surface area contributed by atoms with Crippen LogP contribution in [-0.2, 0) is 25.8 Å². The maximum absolute atomic E-state index is 13.9. The molecule has 2 aromatic carbocycles. The van der Waals surface area contributed by atoms with Crippen LogP contribution in [0.3, 0.4) is 0 Å². The number of carbonyl (C=O) groups is 3. The van der Waals surface area contributed by atoms with Crippen molar-refractivity contribution in [2.24, 2.45) is 11.8 Å². The number of hydrogen-bond donors (Lipinski definition) is 3. The number of nitrogens with one attached hydrogen (secondary N) is 2. The lowest BCUT2D eigenvalue weighted by Crippen LogP contribution is -2.57. The van der Waals surface area contributed by atoms with Gasteiger partial charge in [-0.15, -0.1) is 5.10 Å². The maximum Gasteiger partial charge on any atom is 0.247 e. The van der Waals surface area contributed by atoms with Crippen LogP contribution in [0.25, 0.3) is 11.0 Å². The summed E-state index contributed by atoms with van der Waals surface area (Å²) in [5.74, 6) is -2.80. The van der Waals surface area contributed by atoms with E-state index < -0.39 is 41.5 Å². The first kappa shape index (κ1) is 25.0. The Morgan fingerprint density at radius 2 is 1.92 bits per heavy atom. The van der Waals surface area contributed by atoms with Gasteiger partial charge in [0.2, 0.25) is 17.7 Å². The highest BCUT2D eigenvalue weighted by Crippen LogP contribution is 2.60. The zero-order valence-electron chi connectivity index (χ0n) is 20.5. The average molecular weight is 583 g/mol. The van der Waals surface area contributed by atoms with Gasteiger partial charge in [0.15, 0.2) is 0 Å². The summed E-state index contributed by atoms with van der Waals surface area (Å²) in [6.45, 7) is 1.37. The van der Waals surface area contributed by atoms with E-state index in [1.54, 1.807) is 23.7 Å². The van der Waals surface area contributed by atoms with Crippen LogP contribution in [0.4, 0.5) is 5.69 Å². The number of alkyl halides is 1. The summed E-state index contributed by atoms with van der Waals surface area (Å²) in [5.41, 5.74) is 0.843. The van der Waals surface area contributed by atoms with Crippen LogP contribution in [0.1, 0.15) is 13.3 Å². The highest BCUT2D eigenvalue weighted by Gasteiger charge is 2.76. The van der Waals surface area contributed by atoms with Crippen LogP contribution in [-0.4, -0.2) is 77.9 Å². The highest BCUT2D eigenvalue weighted by molar-refractivity contribution is 9.09. The molecule has 6 rings (SSSR count). The number of rotatable bonds is 7. The minimum atomic E-state index is -1.22. The van der Waals surface area contributed by atoms with Crippen LogP contribution in [0.5, 0.6) is 0 Å². The Morgan fingerprint density at radius 3 is 2.68 bits per heavy atom. The van der Waals surface area contributed by atoms with E-state index >= 15 is 0 Å². The first-order valence-corrected chi connectivity index (χ1v) is 13.4. The van der Waals surface area contributed by atoms with Crippen LogP contribution < -0.4 is 10.6 Å². The fourth-order valence-electron chi connectivity index (χ4n) is 6.26. The molecule has 38 heavy (non-hydrogen) atoms. The molecule has 2 bridgehead atoms. The van der Waals surface area contributed by atoms with E-state index in [-0.39, 0.29) is 29.9 Å². The number of aromatic nitrogens is 3. The smallest absolute Gasteiger partial charge is 0.247 e. The normalized spacial score (nSPS) is 30.4. The second-order valence-corrected chi connectivity index (χ2v) is 11.2. The third kappa shape index (κ3) is 3.73. The maximum atomic E-state index is 13.9. The number of para-hydroxylation sites is 2. The van der Waals surface area contributed by atoms with Gasteiger partial charge in [0, 0.05) is 10.5 Å². The van der Waals surface area contributed by atoms with Crippen molar-refractivity contribution in [1.82, 2.24) is 25.2 Å². The Hall–Kier alpha value is -3.35. The summed E-state index contributed by atoms with van der Waals surface area (Å²) >= 11 is 3.65. The van der Waals surface area contributed by atoms with Gasteiger partial charge in [0.25, 0.3) is 0 Å². The predicted molar refractivity (Wildman–Crippen MR) is 140 cm³/mol. The lowest BCUT2D eigenvalue weighted by Gasteiger charge is -2.35. The standard InChI is InChI=1S/C26H27BrN6O5/c1-14(12-34)33-22(24(36)28-13-32-18-10-6-5-9-17(18)30-31-32)26-11-16(27)21(38-26)19(20(26)25(33)37)23(35)29-15-7-3-2-4-8-15/h2-10,14,16,19-22,34H,11-13H2,1H3,(H,28,36)(H,29,35)/t14-,16?,19-,20+,21-,22?,26?/m1/s1. The molecule has 3 amide bonds. The zero-order chi connectivity index (χ0) is 26.6. The van der Waals surface area contributed by atoms with E-state index in [4.69, 9.17) is 4.74 Å². The number of nitrogens with zero attached hydrogens (tertiary/aromatic N) is 4. The topological polar surface area (TPSA) is 139 Å². The molecule has 0 radical (unpaired) electrons. The van der Waals surface area contributed by atoms with Crippen LogP contribution in [0.2, 0.25) is 0 Å². The third-order valence-corrected chi connectivity index (χ3v) is 8.73. The molecule has 198 valence electrons. The van der Waals surface area contributed by atoms with Gasteiger partial charge in [0.05, 0.1) is 36.1 Å². The number of anilines is 1. The molecule has 3 fully saturated rings. The Morgan fingerprint density at radius 1 is 1.18 bits per heavy atom. The number of benzene rings is 2. The molecular weight excluding hydrogens is 556 g/mol. The molecule has 12 heteroatoms. The number of likely N-dealkylation sites (tertiary alicyclic amines) is 1. The van der Waals surface area contributed by atoms with Crippen molar-refractivity contribution in [3.05, 3.63) is 54.6 Å². The molecule has 4 heterocycles. The number of aliphatic hydroxyl groups is 1. The molecule has 3 N–H and O–H groups in total. The lowest BCUT2D eigenvalue weighted by molar-refractivity contribution is -0.144. The minimum absolute atomic E-state index is 0.0330. The third-order valence-electron chi connectivity index (χ3n) is 7.88. The number of fused-ring (bicyclic) bond motifs is 2. The molecule has 3 saturated heterocycles. The van der Waals surface area contributed by atoms with Crippen molar-refractivity contribution in [3.63, 3.8) is 0 Å². The van der Waals surface area contributed by atoms with Crippen molar-refractivity contribution >= 4 is 50.4 Å². The van der Waals surface area contributed by atoms with E-state index in [1.165, 1.54) is 4.90 Å². The summed E-state index contributed by atoms with van der Waals surface area (Å²) in [6.07, 6.45) is -0.198. The van der Waals surface area contributed by atoms with Crippen molar-refractivity contribution in [2.75, 3.05) is 11.9 Å². The largest absolute Gasteiger partial charge is 0.394 e. The van der Waals surface area contributed by atoms with Gasteiger partial charge < -0.3 is 25.4 Å². The first-order chi connectivity index (χ1) is 18.4. The van der Waals surface area contributed by atoms with Gasteiger partial charge in [-0.3, -0.25) is 14.4 Å².